The first-order valence-corrected chi connectivity index (χ1v) is 7.40. The summed E-state index contributed by atoms with van der Waals surface area (Å²) in [5.74, 6) is 2.68. The minimum atomic E-state index is 0.228. The Bertz CT molecular complexity index is 580. The van der Waals surface area contributed by atoms with Crippen LogP contribution < -0.4 is 14.8 Å². The largest absolute Gasteiger partial charge is 0.468 e. The van der Waals surface area contributed by atoms with Crippen LogP contribution in [-0.2, 0) is 6.42 Å². The zero-order valence-electron chi connectivity index (χ0n) is 12.5. The standard InChI is InChI=1S/C17H21NO3/c1-12(18-13(2)15-4-3-9-19-15)5-6-14-7-8-16-17(10-14)21-11-20-16/h3-4,7-10,12-13,18H,5-6,11H2,1-2H3. The average Bonchev–Trinajstić information content (AvgIpc) is 3.15. The van der Waals surface area contributed by atoms with Crippen LogP contribution in [0.2, 0.25) is 0 Å². The topological polar surface area (TPSA) is 43.6 Å². The van der Waals surface area contributed by atoms with Crippen LogP contribution in [0, 0.1) is 0 Å². The molecular formula is C17H21NO3. The minimum Gasteiger partial charge on any atom is -0.468 e. The van der Waals surface area contributed by atoms with Crippen LogP contribution in [0.3, 0.4) is 0 Å². The summed E-state index contributed by atoms with van der Waals surface area (Å²) in [6.07, 6.45) is 3.78. The summed E-state index contributed by atoms with van der Waals surface area (Å²) in [6.45, 7) is 4.65. The molecule has 112 valence electrons. The van der Waals surface area contributed by atoms with Crippen molar-refractivity contribution in [3.63, 3.8) is 0 Å². The van der Waals surface area contributed by atoms with Crippen molar-refractivity contribution in [3.8, 4) is 11.5 Å². The second-order valence-electron chi connectivity index (χ2n) is 5.53. The van der Waals surface area contributed by atoms with E-state index >= 15 is 0 Å². The van der Waals surface area contributed by atoms with Gasteiger partial charge in [-0.25, -0.2) is 0 Å². The minimum absolute atomic E-state index is 0.228. The Hall–Kier alpha value is -1.94. The van der Waals surface area contributed by atoms with Gasteiger partial charge in [0.25, 0.3) is 0 Å². The fraction of sp³-hybridized carbons (Fsp3) is 0.412. The van der Waals surface area contributed by atoms with E-state index in [4.69, 9.17) is 13.9 Å². The molecule has 21 heavy (non-hydrogen) atoms. The van der Waals surface area contributed by atoms with E-state index in [0.29, 0.717) is 12.8 Å². The molecule has 1 aliphatic rings. The highest BCUT2D eigenvalue weighted by Gasteiger charge is 2.14. The summed E-state index contributed by atoms with van der Waals surface area (Å²) < 4.78 is 16.2. The van der Waals surface area contributed by atoms with Gasteiger partial charge in [-0.2, -0.15) is 0 Å². The Morgan fingerprint density at radius 3 is 2.81 bits per heavy atom. The van der Waals surface area contributed by atoms with Crippen molar-refractivity contribution in [1.82, 2.24) is 5.32 Å². The van der Waals surface area contributed by atoms with E-state index < -0.39 is 0 Å². The molecule has 3 rings (SSSR count). The van der Waals surface area contributed by atoms with Crippen LogP contribution in [0.5, 0.6) is 11.5 Å². The van der Waals surface area contributed by atoms with Crippen molar-refractivity contribution in [2.45, 2.75) is 38.8 Å². The van der Waals surface area contributed by atoms with Crippen molar-refractivity contribution in [2.75, 3.05) is 6.79 Å². The molecule has 0 spiro atoms. The molecular weight excluding hydrogens is 266 g/mol. The predicted octanol–water partition coefficient (Wildman–Crippen LogP) is 3.68. The fourth-order valence-corrected chi connectivity index (χ4v) is 2.61. The number of ether oxygens (including phenoxy) is 2. The lowest BCUT2D eigenvalue weighted by Crippen LogP contribution is -2.29. The van der Waals surface area contributed by atoms with Gasteiger partial charge >= 0.3 is 0 Å². The zero-order chi connectivity index (χ0) is 14.7. The molecule has 2 heterocycles. The van der Waals surface area contributed by atoms with Crippen LogP contribution in [0.25, 0.3) is 0 Å². The highest BCUT2D eigenvalue weighted by atomic mass is 16.7. The van der Waals surface area contributed by atoms with Crippen molar-refractivity contribution in [2.24, 2.45) is 0 Å². The van der Waals surface area contributed by atoms with Gasteiger partial charge in [-0.15, -0.1) is 0 Å². The molecule has 0 amide bonds. The Kier molecular flexibility index (Phi) is 4.15. The molecule has 1 N–H and O–H groups in total. The van der Waals surface area contributed by atoms with Crippen LogP contribution in [0.1, 0.15) is 37.6 Å². The van der Waals surface area contributed by atoms with Crippen LogP contribution in [0.15, 0.2) is 41.0 Å². The molecule has 0 saturated carbocycles. The normalized spacial score (nSPS) is 15.9. The molecule has 1 aromatic heterocycles. The Morgan fingerprint density at radius 2 is 2.00 bits per heavy atom. The molecule has 4 heteroatoms. The molecule has 0 saturated heterocycles. The number of rotatable bonds is 6. The maximum atomic E-state index is 5.42. The molecule has 1 aliphatic heterocycles. The van der Waals surface area contributed by atoms with Gasteiger partial charge in [0.1, 0.15) is 5.76 Å². The highest BCUT2D eigenvalue weighted by molar-refractivity contribution is 5.44. The SMILES string of the molecule is CC(CCc1ccc2c(c1)OCO2)NC(C)c1ccco1. The van der Waals surface area contributed by atoms with Crippen molar-refractivity contribution >= 4 is 0 Å². The molecule has 0 aliphatic carbocycles. The van der Waals surface area contributed by atoms with Crippen LogP contribution in [0.4, 0.5) is 0 Å². The number of aryl methyl sites for hydroxylation is 1. The van der Waals surface area contributed by atoms with E-state index in [1.54, 1.807) is 6.26 Å². The van der Waals surface area contributed by atoms with Crippen LogP contribution >= 0.6 is 0 Å². The highest BCUT2D eigenvalue weighted by Crippen LogP contribution is 2.32. The summed E-state index contributed by atoms with van der Waals surface area (Å²) in [5.41, 5.74) is 1.28. The third kappa shape index (κ3) is 3.39. The summed E-state index contributed by atoms with van der Waals surface area (Å²) >= 11 is 0. The zero-order valence-corrected chi connectivity index (χ0v) is 12.5. The number of fused-ring (bicyclic) bond motifs is 1. The summed E-state index contributed by atoms with van der Waals surface area (Å²) in [4.78, 5) is 0. The number of furan rings is 1. The number of hydrogen-bond donors (Lipinski definition) is 1. The van der Waals surface area contributed by atoms with Gasteiger partial charge in [0.15, 0.2) is 11.5 Å². The lowest BCUT2D eigenvalue weighted by atomic mass is 10.0. The smallest absolute Gasteiger partial charge is 0.231 e. The van der Waals surface area contributed by atoms with Gasteiger partial charge in [0.05, 0.1) is 12.3 Å². The molecule has 0 radical (unpaired) electrons. The van der Waals surface area contributed by atoms with E-state index in [1.165, 1.54) is 5.56 Å². The van der Waals surface area contributed by atoms with Crippen molar-refractivity contribution in [1.29, 1.82) is 0 Å². The monoisotopic (exact) mass is 287 g/mol. The van der Waals surface area contributed by atoms with Gasteiger partial charge in [-0.05, 0) is 56.5 Å². The number of benzene rings is 1. The molecule has 4 nitrogen and oxygen atoms in total. The van der Waals surface area contributed by atoms with Crippen molar-refractivity contribution < 1.29 is 13.9 Å². The third-order valence-corrected chi connectivity index (χ3v) is 3.81. The van der Waals surface area contributed by atoms with Crippen LogP contribution in [-0.4, -0.2) is 12.8 Å². The number of nitrogens with one attached hydrogen (secondary N) is 1. The van der Waals surface area contributed by atoms with Crippen molar-refractivity contribution in [3.05, 3.63) is 47.9 Å². The molecule has 2 aromatic rings. The van der Waals surface area contributed by atoms with E-state index in [-0.39, 0.29) is 6.04 Å². The number of hydrogen-bond acceptors (Lipinski definition) is 4. The molecule has 1 aromatic carbocycles. The predicted molar refractivity (Wildman–Crippen MR) is 80.6 cm³/mol. The lowest BCUT2D eigenvalue weighted by molar-refractivity contribution is 0.174. The van der Waals surface area contributed by atoms with E-state index in [1.807, 2.05) is 18.2 Å². The van der Waals surface area contributed by atoms with Gasteiger partial charge in [-0.3, -0.25) is 0 Å². The fourth-order valence-electron chi connectivity index (χ4n) is 2.61. The second kappa shape index (κ2) is 6.22. The molecule has 2 atom stereocenters. The maximum absolute atomic E-state index is 5.42. The summed E-state index contributed by atoms with van der Waals surface area (Å²) in [5, 5.41) is 3.56. The summed E-state index contributed by atoms with van der Waals surface area (Å²) in [6, 6.07) is 10.7. The Balaban J connectivity index is 1.50. The average molecular weight is 287 g/mol. The molecule has 0 fully saturated rings. The van der Waals surface area contributed by atoms with Gasteiger partial charge in [-0.1, -0.05) is 6.07 Å². The first-order valence-electron chi connectivity index (χ1n) is 7.40. The first-order chi connectivity index (χ1) is 10.2. The lowest BCUT2D eigenvalue weighted by Gasteiger charge is -2.18. The Morgan fingerprint density at radius 1 is 1.14 bits per heavy atom. The Labute approximate surface area is 125 Å². The first kappa shape index (κ1) is 14.0. The van der Waals surface area contributed by atoms with Gasteiger partial charge in [0.2, 0.25) is 6.79 Å². The second-order valence-corrected chi connectivity index (χ2v) is 5.53. The molecule has 2 unspecified atom stereocenters. The third-order valence-electron chi connectivity index (χ3n) is 3.81. The van der Waals surface area contributed by atoms with Gasteiger partial charge in [0, 0.05) is 6.04 Å². The maximum Gasteiger partial charge on any atom is 0.231 e. The van der Waals surface area contributed by atoms with E-state index in [2.05, 4.69) is 31.3 Å². The van der Waals surface area contributed by atoms with E-state index in [0.717, 1.165) is 30.1 Å². The van der Waals surface area contributed by atoms with E-state index in [9.17, 15) is 0 Å². The molecule has 0 bridgehead atoms. The summed E-state index contributed by atoms with van der Waals surface area (Å²) in [7, 11) is 0. The quantitative estimate of drug-likeness (QED) is 0.880. The van der Waals surface area contributed by atoms with Gasteiger partial charge < -0.3 is 19.2 Å².